The molecule has 28 heavy (non-hydrogen) atoms. The molecule has 0 bridgehead atoms. The number of benzene rings is 2. The highest BCUT2D eigenvalue weighted by molar-refractivity contribution is 7.92. The molecular formula is C19H21N3O5S. The maximum Gasteiger partial charge on any atom is 0.265 e. The highest BCUT2D eigenvalue weighted by Gasteiger charge is 2.23. The van der Waals surface area contributed by atoms with Gasteiger partial charge in [0.1, 0.15) is 16.4 Å². The third-order valence-corrected chi connectivity index (χ3v) is 5.68. The maximum atomic E-state index is 12.7. The predicted molar refractivity (Wildman–Crippen MR) is 105 cm³/mol. The first-order chi connectivity index (χ1) is 13.3. The molecule has 2 N–H and O–H groups in total. The molecule has 0 saturated heterocycles. The summed E-state index contributed by atoms with van der Waals surface area (Å²) in [5.74, 6) is 2.09. The summed E-state index contributed by atoms with van der Waals surface area (Å²) in [5.41, 5.74) is 1.20. The molecule has 0 aliphatic heterocycles. The second-order valence-corrected chi connectivity index (χ2v) is 7.63. The molecule has 0 radical (unpaired) electrons. The van der Waals surface area contributed by atoms with E-state index in [4.69, 9.17) is 14.2 Å². The van der Waals surface area contributed by atoms with Crippen molar-refractivity contribution in [3.8, 4) is 23.0 Å². The second-order valence-electron chi connectivity index (χ2n) is 6.01. The van der Waals surface area contributed by atoms with Crippen LogP contribution in [0, 0.1) is 13.8 Å². The number of methoxy groups -OCH3 is 2. The minimum absolute atomic E-state index is 0.126. The summed E-state index contributed by atoms with van der Waals surface area (Å²) < 4.78 is 44.3. The van der Waals surface area contributed by atoms with Crippen molar-refractivity contribution < 1.29 is 22.6 Å². The zero-order valence-electron chi connectivity index (χ0n) is 15.9. The van der Waals surface area contributed by atoms with Gasteiger partial charge in [0.05, 0.1) is 31.3 Å². The Labute approximate surface area is 163 Å². The van der Waals surface area contributed by atoms with E-state index in [-0.39, 0.29) is 4.90 Å². The van der Waals surface area contributed by atoms with Gasteiger partial charge in [0.25, 0.3) is 10.0 Å². The molecule has 1 aromatic heterocycles. The van der Waals surface area contributed by atoms with Gasteiger partial charge in [-0.15, -0.1) is 0 Å². The Morgan fingerprint density at radius 1 is 0.929 bits per heavy atom. The molecule has 148 valence electrons. The third-order valence-electron chi connectivity index (χ3n) is 4.03. The number of anilines is 1. The molecule has 0 spiro atoms. The molecule has 9 heteroatoms. The van der Waals surface area contributed by atoms with Gasteiger partial charge in [-0.3, -0.25) is 9.82 Å². The maximum absolute atomic E-state index is 12.7. The van der Waals surface area contributed by atoms with Gasteiger partial charge in [-0.05, 0) is 50.2 Å². The minimum Gasteiger partial charge on any atom is -0.497 e. The summed E-state index contributed by atoms with van der Waals surface area (Å²) in [6.07, 6.45) is 0. The van der Waals surface area contributed by atoms with Crippen molar-refractivity contribution in [2.45, 2.75) is 18.7 Å². The van der Waals surface area contributed by atoms with E-state index in [9.17, 15) is 8.42 Å². The Kier molecular flexibility index (Phi) is 5.46. The number of aromatic nitrogens is 2. The Bertz CT molecular complexity index is 1060. The number of aromatic amines is 1. The fourth-order valence-electron chi connectivity index (χ4n) is 2.73. The average Bonchev–Trinajstić information content (AvgIpc) is 3.01. The second kappa shape index (κ2) is 7.81. The summed E-state index contributed by atoms with van der Waals surface area (Å²) >= 11 is 0. The number of hydrogen-bond acceptors (Lipinski definition) is 6. The van der Waals surface area contributed by atoms with Crippen molar-refractivity contribution in [3.05, 3.63) is 53.9 Å². The normalized spacial score (nSPS) is 11.1. The standard InChI is InChI=1S/C19H21N3O5S/c1-12-19(13(2)21-20-12)28(23,24)22-14-5-10-17(26-4)18(11-14)27-16-8-6-15(25-3)7-9-16/h5-11,22H,1-4H3,(H,20,21). The van der Waals surface area contributed by atoms with E-state index in [0.29, 0.717) is 40.1 Å². The molecule has 0 saturated carbocycles. The van der Waals surface area contributed by atoms with E-state index in [1.54, 1.807) is 63.4 Å². The van der Waals surface area contributed by atoms with Gasteiger partial charge >= 0.3 is 0 Å². The van der Waals surface area contributed by atoms with Crippen LogP contribution in [-0.2, 0) is 10.0 Å². The van der Waals surface area contributed by atoms with E-state index >= 15 is 0 Å². The summed E-state index contributed by atoms with van der Waals surface area (Å²) in [5, 5.41) is 6.62. The molecule has 0 amide bonds. The molecule has 0 aliphatic rings. The molecular weight excluding hydrogens is 382 g/mol. The first-order valence-electron chi connectivity index (χ1n) is 8.38. The lowest BCUT2D eigenvalue weighted by Crippen LogP contribution is -2.14. The first-order valence-corrected chi connectivity index (χ1v) is 9.86. The van der Waals surface area contributed by atoms with E-state index in [0.717, 1.165) is 0 Å². The Morgan fingerprint density at radius 2 is 1.61 bits per heavy atom. The average molecular weight is 403 g/mol. The highest BCUT2D eigenvalue weighted by Crippen LogP contribution is 2.35. The largest absolute Gasteiger partial charge is 0.497 e. The van der Waals surface area contributed by atoms with E-state index in [1.807, 2.05) is 0 Å². The third kappa shape index (κ3) is 4.04. The summed E-state index contributed by atoms with van der Waals surface area (Å²) in [6.45, 7) is 3.28. The first kappa shape index (κ1) is 19.6. The molecule has 1 heterocycles. The Hall–Kier alpha value is -3.20. The van der Waals surface area contributed by atoms with E-state index in [2.05, 4.69) is 14.9 Å². The van der Waals surface area contributed by atoms with Crippen LogP contribution in [0.2, 0.25) is 0 Å². The fraction of sp³-hybridized carbons (Fsp3) is 0.211. The number of rotatable bonds is 7. The van der Waals surface area contributed by atoms with Gasteiger partial charge < -0.3 is 14.2 Å². The number of hydrogen-bond donors (Lipinski definition) is 2. The van der Waals surface area contributed by atoms with Gasteiger partial charge in [0.15, 0.2) is 11.5 Å². The van der Waals surface area contributed by atoms with Crippen molar-refractivity contribution in [2.24, 2.45) is 0 Å². The summed E-state index contributed by atoms with van der Waals surface area (Å²) in [4.78, 5) is 0.126. The molecule has 0 atom stereocenters. The number of nitrogens with one attached hydrogen (secondary N) is 2. The van der Waals surface area contributed by atoms with Gasteiger partial charge in [0, 0.05) is 6.07 Å². The van der Waals surface area contributed by atoms with Gasteiger partial charge in [-0.25, -0.2) is 8.42 Å². The predicted octanol–water partition coefficient (Wildman–Crippen LogP) is 3.64. The zero-order valence-corrected chi connectivity index (χ0v) is 16.8. The summed E-state index contributed by atoms with van der Waals surface area (Å²) in [6, 6.07) is 11.8. The topological polar surface area (TPSA) is 103 Å². The van der Waals surface area contributed by atoms with Crippen LogP contribution in [0.1, 0.15) is 11.4 Å². The van der Waals surface area contributed by atoms with Crippen LogP contribution >= 0.6 is 0 Å². The lowest BCUT2D eigenvalue weighted by Gasteiger charge is -2.14. The Morgan fingerprint density at radius 3 is 2.18 bits per heavy atom. The lowest BCUT2D eigenvalue weighted by molar-refractivity contribution is 0.378. The number of H-pyrrole nitrogens is 1. The number of aryl methyl sites for hydroxylation is 2. The molecule has 2 aromatic carbocycles. The van der Waals surface area contributed by atoms with Gasteiger partial charge in [-0.2, -0.15) is 5.10 Å². The van der Waals surface area contributed by atoms with Crippen LogP contribution in [0.3, 0.4) is 0 Å². The minimum atomic E-state index is -3.81. The van der Waals surface area contributed by atoms with Crippen molar-refractivity contribution >= 4 is 15.7 Å². The molecule has 0 fully saturated rings. The quantitative estimate of drug-likeness (QED) is 0.624. The van der Waals surface area contributed by atoms with Crippen LogP contribution in [0.25, 0.3) is 0 Å². The van der Waals surface area contributed by atoms with Crippen LogP contribution < -0.4 is 18.9 Å². The number of sulfonamides is 1. The van der Waals surface area contributed by atoms with Gasteiger partial charge in [0.2, 0.25) is 0 Å². The van der Waals surface area contributed by atoms with Crippen molar-refractivity contribution in [1.82, 2.24) is 10.2 Å². The highest BCUT2D eigenvalue weighted by atomic mass is 32.2. The SMILES string of the molecule is COc1ccc(Oc2cc(NS(=O)(=O)c3c(C)n[nH]c3C)ccc2OC)cc1. The smallest absolute Gasteiger partial charge is 0.265 e. The van der Waals surface area contributed by atoms with Crippen molar-refractivity contribution in [1.29, 1.82) is 0 Å². The van der Waals surface area contributed by atoms with E-state index < -0.39 is 10.0 Å². The lowest BCUT2D eigenvalue weighted by atomic mass is 10.2. The zero-order chi connectivity index (χ0) is 20.3. The monoisotopic (exact) mass is 403 g/mol. The van der Waals surface area contributed by atoms with Crippen molar-refractivity contribution in [3.63, 3.8) is 0 Å². The van der Waals surface area contributed by atoms with Crippen LogP contribution in [0.4, 0.5) is 5.69 Å². The molecule has 0 unspecified atom stereocenters. The number of ether oxygens (including phenoxy) is 3. The van der Waals surface area contributed by atoms with Crippen LogP contribution in [-0.4, -0.2) is 32.8 Å². The molecule has 0 aliphatic carbocycles. The van der Waals surface area contributed by atoms with E-state index in [1.165, 1.54) is 7.11 Å². The van der Waals surface area contributed by atoms with Crippen LogP contribution in [0.15, 0.2) is 47.4 Å². The van der Waals surface area contributed by atoms with Crippen molar-refractivity contribution in [2.75, 3.05) is 18.9 Å². The van der Waals surface area contributed by atoms with Crippen LogP contribution in [0.5, 0.6) is 23.0 Å². The molecule has 8 nitrogen and oxygen atoms in total. The fourth-order valence-corrected chi connectivity index (χ4v) is 4.16. The Balaban J connectivity index is 1.90. The molecule has 3 rings (SSSR count). The molecule has 3 aromatic rings. The summed E-state index contributed by atoms with van der Waals surface area (Å²) in [7, 11) is -0.713. The van der Waals surface area contributed by atoms with Gasteiger partial charge in [-0.1, -0.05) is 0 Å². The number of nitrogens with zero attached hydrogens (tertiary/aromatic N) is 1.